The number of nitrogens with zero attached hydrogens (tertiary/aromatic N) is 2. The van der Waals surface area contributed by atoms with Crippen LogP contribution in [0.5, 0.6) is 0 Å². The molecule has 0 radical (unpaired) electrons. The maximum absolute atomic E-state index is 12.2. The summed E-state index contributed by atoms with van der Waals surface area (Å²) < 4.78 is 0. The zero-order chi connectivity index (χ0) is 11.7. The number of amides is 1. The number of pyridine rings is 1. The van der Waals surface area contributed by atoms with Gasteiger partial charge in [0.2, 0.25) is 0 Å². The third-order valence-electron chi connectivity index (χ3n) is 3.13. The van der Waals surface area contributed by atoms with E-state index in [4.69, 9.17) is 5.73 Å². The van der Waals surface area contributed by atoms with Gasteiger partial charge >= 0.3 is 0 Å². The zero-order valence-corrected chi connectivity index (χ0v) is 9.68. The van der Waals surface area contributed by atoms with Crippen molar-refractivity contribution >= 4 is 11.6 Å². The number of likely N-dealkylation sites (tertiary alicyclic amines) is 1. The minimum Gasteiger partial charge on any atom is -0.398 e. The molecule has 1 aromatic heterocycles. The van der Waals surface area contributed by atoms with Gasteiger partial charge in [0.25, 0.3) is 5.91 Å². The van der Waals surface area contributed by atoms with E-state index in [1.54, 1.807) is 18.5 Å². The summed E-state index contributed by atoms with van der Waals surface area (Å²) in [4.78, 5) is 18.1. The van der Waals surface area contributed by atoms with E-state index in [9.17, 15) is 4.79 Å². The highest BCUT2D eigenvalue weighted by atomic mass is 16.2. The van der Waals surface area contributed by atoms with Gasteiger partial charge in [-0.2, -0.15) is 0 Å². The van der Waals surface area contributed by atoms with Crippen molar-refractivity contribution in [2.45, 2.75) is 26.3 Å². The van der Waals surface area contributed by atoms with Crippen LogP contribution in [-0.4, -0.2) is 28.4 Å². The second-order valence-corrected chi connectivity index (χ2v) is 4.61. The van der Waals surface area contributed by atoms with Crippen molar-refractivity contribution in [3.63, 3.8) is 0 Å². The summed E-state index contributed by atoms with van der Waals surface area (Å²) in [5.41, 5.74) is 6.81. The second kappa shape index (κ2) is 4.12. The van der Waals surface area contributed by atoms with Gasteiger partial charge in [-0.15, -0.1) is 0 Å². The first-order valence-corrected chi connectivity index (χ1v) is 5.60. The van der Waals surface area contributed by atoms with Crippen LogP contribution in [0.3, 0.4) is 0 Å². The number of nitrogens with two attached hydrogens (primary N) is 1. The summed E-state index contributed by atoms with van der Waals surface area (Å²) in [6.45, 7) is 5.05. The van der Waals surface area contributed by atoms with E-state index in [0.29, 0.717) is 23.2 Å². The van der Waals surface area contributed by atoms with Crippen LogP contribution in [0.25, 0.3) is 0 Å². The maximum Gasteiger partial charge on any atom is 0.257 e. The van der Waals surface area contributed by atoms with Crippen molar-refractivity contribution in [2.24, 2.45) is 5.92 Å². The molecule has 1 saturated heterocycles. The van der Waals surface area contributed by atoms with Crippen molar-refractivity contribution < 1.29 is 4.79 Å². The number of nitrogen functional groups attached to an aromatic ring is 1. The number of hydrogen-bond donors (Lipinski definition) is 1. The molecule has 2 unspecified atom stereocenters. The number of carbonyl (C=O) groups excluding carboxylic acids is 1. The smallest absolute Gasteiger partial charge is 0.257 e. The summed E-state index contributed by atoms with van der Waals surface area (Å²) >= 11 is 0. The molecule has 1 aliphatic heterocycles. The Bertz CT molecular complexity index is 405. The number of hydrogen-bond acceptors (Lipinski definition) is 3. The molecule has 0 aliphatic carbocycles. The summed E-state index contributed by atoms with van der Waals surface area (Å²) in [6, 6.07) is 1.96. The Labute approximate surface area is 95.5 Å². The summed E-state index contributed by atoms with van der Waals surface area (Å²) in [6.07, 6.45) is 4.21. The molecule has 0 saturated carbocycles. The molecule has 0 spiro atoms. The Morgan fingerprint density at radius 1 is 1.56 bits per heavy atom. The monoisotopic (exact) mass is 219 g/mol. The minimum absolute atomic E-state index is 0.00227. The number of aromatic nitrogens is 1. The molecule has 1 aromatic rings. The molecule has 4 nitrogen and oxygen atoms in total. The molecule has 1 amide bonds. The molecular weight excluding hydrogens is 202 g/mol. The first-order chi connectivity index (χ1) is 7.59. The molecule has 2 atom stereocenters. The lowest BCUT2D eigenvalue weighted by molar-refractivity contribution is 0.0744. The number of rotatable bonds is 1. The predicted octanol–water partition coefficient (Wildman–Crippen LogP) is 1.53. The molecule has 0 aromatic carbocycles. The molecule has 1 aliphatic rings. The fourth-order valence-corrected chi connectivity index (χ4v) is 2.32. The van der Waals surface area contributed by atoms with Crippen molar-refractivity contribution in [3.8, 4) is 0 Å². The van der Waals surface area contributed by atoms with Crippen molar-refractivity contribution in [1.29, 1.82) is 0 Å². The van der Waals surface area contributed by atoms with Crippen molar-refractivity contribution in [2.75, 3.05) is 12.3 Å². The molecule has 2 rings (SSSR count). The second-order valence-electron chi connectivity index (χ2n) is 4.61. The Hall–Kier alpha value is -1.58. The van der Waals surface area contributed by atoms with Crippen LogP contribution in [-0.2, 0) is 0 Å². The minimum atomic E-state index is 0.00227. The van der Waals surface area contributed by atoms with E-state index in [0.717, 1.165) is 13.0 Å². The van der Waals surface area contributed by atoms with Gasteiger partial charge in [0.1, 0.15) is 0 Å². The lowest BCUT2D eigenvalue weighted by atomic mass is 10.1. The number of anilines is 1. The number of carbonyl (C=O) groups is 1. The Morgan fingerprint density at radius 3 is 2.88 bits per heavy atom. The van der Waals surface area contributed by atoms with Gasteiger partial charge in [0.05, 0.1) is 5.56 Å². The van der Waals surface area contributed by atoms with Gasteiger partial charge in [0.15, 0.2) is 0 Å². The Balaban J connectivity index is 2.23. The average Bonchev–Trinajstić information content (AvgIpc) is 2.58. The first kappa shape index (κ1) is 10.9. The van der Waals surface area contributed by atoms with Gasteiger partial charge in [-0.3, -0.25) is 9.78 Å². The summed E-state index contributed by atoms with van der Waals surface area (Å²) in [7, 11) is 0. The normalized spacial score (nSPS) is 24.8. The fourth-order valence-electron chi connectivity index (χ4n) is 2.32. The predicted molar refractivity (Wildman–Crippen MR) is 62.9 cm³/mol. The lowest BCUT2D eigenvalue weighted by Crippen LogP contribution is -2.34. The molecule has 1 fully saturated rings. The van der Waals surface area contributed by atoms with E-state index in [2.05, 4.69) is 18.8 Å². The van der Waals surface area contributed by atoms with E-state index < -0.39 is 0 Å². The van der Waals surface area contributed by atoms with Gasteiger partial charge < -0.3 is 10.6 Å². The molecule has 2 N–H and O–H groups in total. The highest BCUT2D eigenvalue weighted by Gasteiger charge is 2.31. The molecule has 16 heavy (non-hydrogen) atoms. The highest BCUT2D eigenvalue weighted by Crippen LogP contribution is 2.25. The highest BCUT2D eigenvalue weighted by molar-refractivity contribution is 5.99. The summed E-state index contributed by atoms with van der Waals surface area (Å²) in [5.74, 6) is 0.569. The zero-order valence-electron chi connectivity index (χ0n) is 9.68. The van der Waals surface area contributed by atoms with Crippen LogP contribution < -0.4 is 5.73 Å². The van der Waals surface area contributed by atoms with Crippen LogP contribution in [0, 0.1) is 5.92 Å². The molecule has 4 heteroatoms. The Morgan fingerprint density at radius 2 is 2.31 bits per heavy atom. The standard InChI is InChI=1S/C12H17N3O/c1-8-5-9(2)15(7-8)12(16)10-6-14-4-3-11(10)13/h3-4,6,8-9H,5,7H2,1-2H3,(H2,13,14). The lowest BCUT2D eigenvalue weighted by Gasteiger charge is -2.21. The molecule has 86 valence electrons. The van der Waals surface area contributed by atoms with Crippen LogP contribution in [0.2, 0.25) is 0 Å². The van der Waals surface area contributed by atoms with Gasteiger partial charge in [-0.1, -0.05) is 6.92 Å². The average molecular weight is 219 g/mol. The van der Waals surface area contributed by atoms with Crippen LogP contribution in [0.1, 0.15) is 30.6 Å². The van der Waals surface area contributed by atoms with Crippen LogP contribution in [0.15, 0.2) is 18.5 Å². The fraction of sp³-hybridized carbons (Fsp3) is 0.500. The van der Waals surface area contributed by atoms with Crippen LogP contribution in [0.4, 0.5) is 5.69 Å². The van der Waals surface area contributed by atoms with Crippen molar-refractivity contribution in [3.05, 3.63) is 24.0 Å². The maximum atomic E-state index is 12.2. The van der Waals surface area contributed by atoms with Gasteiger partial charge in [0, 0.05) is 30.7 Å². The van der Waals surface area contributed by atoms with Crippen molar-refractivity contribution in [1.82, 2.24) is 9.88 Å². The SMILES string of the molecule is CC1CC(C)N(C(=O)c2cnccc2N)C1. The topological polar surface area (TPSA) is 59.2 Å². The summed E-state index contributed by atoms with van der Waals surface area (Å²) in [5, 5.41) is 0. The first-order valence-electron chi connectivity index (χ1n) is 5.60. The molecule has 2 heterocycles. The van der Waals surface area contributed by atoms with E-state index >= 15 is 0 Å². The van der Waals surface area contributed by atoms with Gasteiger partial charge in [-0.05, 0) is 25.3 Å². The molecule has 0 bridgehead atoms. The third-order valence-corrected chi connectivity index (χ3v) is 3.13. The van der Waals surface area contributed by atoms with E-state index in [1.807, 2.05) is 4.90 Å². The van der Waals surface area contributed by atoms with E-state index in [1.165, 1.54) is 0 Å². The molecular formula is C12H17N3O. The van der Waals surface area contributed by atoms with Gasteiger partial charge in [-0.25, -0.2) is 0 Å². The quantitative estimate of drug-likeness (QED) is 0.779. The largest absolute Gasteiger partial charge is 0.398 e. The van der Waals surface area contributed by atoms with Crippen LogP contribution >= 0.6 is 0 Å². The van der Waals surface area contributed by atoms with E-state index in [-0.39, 0.29) is 5.91 Å². The Kier molecular flexibility index (Phi) is 2.81. The third kappa shape index (κ3) is 1.87.